The summed E-state index contributed by atoms with van der Waals surface area (Å²) in [5.74, 6) is -6.16. The molecule has 13 nitrogen and oxygen atoms in total. The number of methoxy groups -OCH3 is 1. The van der Waals surface area contributed by atoms with Crippen LogP contribution >= 0.6 is 22.6 Å². The first kappa shape index (κ1) is 28.1. The van der Waals surface area contributed by atoms with Gasteiger partial charge in [0.2, 0.25) is 0 Å². The van der Waals surface area contributed by atoms with Crippen molar-refractivity contribution in [3.8, 4) is 0 Å². The van der Waals surface area contributed by atoms with E-state index in [1.54, 1.807) is 22.6 Å². The van der Waals surface area contributed by atoms with E-state index in [1.165, 1.54) is 0 Å². The van der Waals surface area contributed by atoms with E-state index in [0.717, 1.165) is 11.2 Å². The molecule has 0 spiro atoms. The van der Waals surface area contributed by atoms with Crippen LogP contribution in [0.15, 0.2) is 10.2 Å². The predicted octanol–water partition coefficient (Wildman–Crippen LogP) is -0.382. The Morgan fingerprint density at radius 3 is 2.43 bits per heavy atom. The van der Waals surface area contributed by atoms with E-state index in [9.17, 15) is 40.0 Å². The maximum atomic E-state index is 13.7. The molecule has 1 saturated heterocycles. The molecule has 0 radical (unpaired) electrons. The van der Waals surface area contributed by atoms with Crippen molar-refractivity contribution in [3.05, 3.63) is 10.2 Å². The second-order valence-electron chi connectivity index (χ2n) is 7.90. The third kappa shape index (κ3) is 5.60. The van der Waals surface area contributed by atoms with Crippen LogP contribution in [0.1, 0.15) is 6.42 Å². The van der Waals surface area contributed by atoms with Crippen LogP contribution in [0.3, 0.4) is 0 Å². The van der Waals surface area contributed by atoms with Gasteiger partial charge >= 0.3 is 33.5 Å². The van der Waals surface area contributed by atoms with Gasteiger partial charge in [-0.3, -0.25) is 9.59 Å². The third-order valence-electron chi connectivity index (χ3n) is 5.76. The van der Waals surface area contributed by atoms with Crippen molar-refractivity contribution in [2.45, 2.75) is 23.9 Å². The number of fused-ring (bicyclic) bond motifs is 1. The smallest absolute Gasteiger partial charge is 0.382 e. The van der Waals surface area contributed by atoms with Crippen LogP contribution in [0, 0.1) is 23.7 Å². The summed E-state index contributed by atoms with van der Waals surface area (Å²) in [6.45, 7) is 1.07. The molecular weight excluding hydrogens is 639 g/mol. The summed E-state index contributed by atoms with van der Waals surface area (Å²) < 4.78 is 100. The Bertz CT molecular complexity index is 1130. The van der Waals surface area contributed by atoms with E-state index in [2.05, 4.69) is 11.3 Å². The topological polar surface area (TPSA) is 178 Å². The Morgan fingerprint density at radius 1 is 1.20 bits per heavy atom. The van der Waals surface area contributed by atoms with Gasteiger partial charge < -0.3 is 18.9 Å². The molecule has 2 aliphatic carbocycles. The first-order valence-corrected chi connectivity index (χ1v) is 13.8. The van der Waals surface area contributed by atoms with Gasteiger partial charge in [-0.25, -0.2) is 17.4 Å². The fourth-order valence-corrected chi connectivity index (χ4v) is 7.19. The lowest BCUT2D eigenvalue weighted by atomic mass is 9.78. The van der Waals surface area contributed by atoms with Crippen LogP contribution in [-0.4, -0.2) is 79.1 Å². The molecular formula is C17H20F2INO12S2. The molecule has 18 heteroatoms. The molecule has 1 aliphatic heterocycles. The van der Waals surface area contributed by atoms with Gasteiger partial charge in [0.15, 0.2) is 0 Å². The highest BCUT2D eigenvalue weighted by Gasteiger charge is 2.70. The second kappa shape index (κ2) is 10.1. The molecule has 6 atom stereocenters. The van der Waals surface area contributed by atoms with Crippen LogP contribution < -0.4 is 4.13 Å². The van der Waals surface area contributed by atoms with Crippen molar-refractivity contribution in [3.63, 3.8) is 0 Å². The highest BCUT2D eigenvalue weighted by atomic mass is 127. The molecule has 3 aliphatic rings. The van der Waals surface area contributed by atoms with E-state index in [1.807, 2.05) is 0 Å². The minimum Gasteiger partial charge on any atom is -0.462 e. The van der Waals surface area contributed by atoms with Gasteiger partial charge in [0.25, 0.3) is 10.0 Å². The fourth-order valence-electron chi connectivity index (χ4n) is 4.50. The summed E-state index contributed by atoms with van der Waals surface area (Å²) in [7, 11) is -10.4. The summed E-state index contributed by atoms with van der Waals surface area (Å²) in [6, 6.07) is 0. The minimum absolute atomic E-state index is 0.0959. The van der Waals surface area contributed by atoms with Crippen molar-refractivity contribution in [2.75, 3.05) is 26.9 Å². The molecule has 2 bridgehead atoms. The first-order valence-electron chi connectivity index (χ1n) is 9.83. The lowest BCUT2D eigenvalue weighted by Gasteiger charge is -2.30. The normalized spacial score (nSPS) is 29.7. The highest BCUT2D eigenvalue weighted by molar-refractivity contribution is 14.1. The Labute approximate surface area is 212 Å². The first-order chi connectivity index (χ1) is 16.1. The number of rotatable bonds is 12. The second-order valence-corrected chi connectivity index (χ2v) is 12.6. The molecule has 2 saturated carbocycles. The summed E-state index contributed by atoms with van der Waals surface area (Å²) >= 11 is 1.64. The summed E-state index contributed by atoms with van der Waals surface area (Å²) in [6.07, 6.45) is -2.54. The van der Waals surface area contributed by atoms with Crippen molar-refractivity contribution < 1.29 is 63.1 Å². The van der Waals surface area contributed by atoms with Crippen molar-refractivity contribution in [1.82, 2.24) is 4.13 Å². The molecule has 35 heavy (non-hydrogen) atoms. The van der Waals surface area contributed by atoms with Gasteiger partial charge in [0.05, 0.1) is 15.4 Å². The van der Waals surface area contributed by atoms with Crippen molar-refractivity contribution in [2.24, 2.45) is 23.7 Å². The highest BCUT2D eigenvalue weighted by Crippen LogP contribution is 2.59. The number of carbonyl (C=O) groups excluding carboxylic acids is 3. The predicted molar refractivity (Wildman–Crippen MR) is 116 cm³/mol. The summed E-state index contributed by atoms with van der Waals surface area (Å²) in [4.78, 5) is 36.3. The van der Waals surface area contributed by atoms with Crippen molar-refractivity contribution >= 4 is 60.8 Å². The van der Waals surface area contributed by atoms with E-state index in [0.29, 0.717) is 0 Å². The average molecular weight is 659 g/mol. The molecule has 0 aromatic carbocycles. The molecule has 198 valence electrons. The zero-order chi connectivity index (χ0) is 26.3. The molecule has 3 rings (SSSR count). The summed E-state index contributed by atoms with van der Waals surface area (Å²) in [5, 5.41) is -4.60. The quantitative estimate of drug-likeness (QED) is 0.0946. The lowest BCUT2D eigenvalue weighted by Crippen LogP contribution is -2.49. The standard InChI is InChI=1S/C17H20F2INO12S2/c1-7(20)14(22)30-3-4-31-15(23)10-9-5-8-11(10)16(24)32-12(8)13(9)33-35(27,28)21-34(25,26)17(18,19)6-29-2/h8-13,21H,1,3-6H2,2H3. The zero-order valence-corrected chi connectivity index (χ0v) is 21.6. The number of ether oxygens (including phenoxy) is 4. The Kier molecular flexibility index (Phi) is 8.12. The van der Waals surface area contributed by atoms with Crippen LogP contribution in [0.2, 0.25) is 0 Å². The Morgan fingerprint density at radius 2 is 1.83 bits per heavy atom. The maximum Gasteiger partial charge on any atom is 0.382 e. The number of alkyl halides is 2. The van der Waals surface area contributed by atoms with Crippen LogP contribution in [-0.2, 0) is 57.8 Å². The van der Waals surface area contributed by atoms with E-state index < -0.39 is 86.0 Å². The van der Waals surface area contributed by atoms with E-state index >= 15 is 0 Å². The van der Waals surface area contributed by atoms with E-state index in [4.69, 9.17) is 18.4 Å². The van der Waals surface area contributed by atoms with E-state index in [-0.39, 0.29) is 23.2 Å². The van der Waals surface area contributed by atoms with Crippen molar-refractivity contribution in [1.29, 1.82) is 0 Å². The number of sulfonamides is 1. The van der Waals surface area contributed by atoms with Gasteiger partial charge in [0.1, 0.15) is 32.0 Å². The van der Waals surface area contributed by atoms with Gasteiger partial charge in [0, 0.05) is 18.9 Å². The Hall–Kier alpha value is -1.48. The maximum absolute atomic E-state index is 13.7. The fraction of sp³-hybridized carbons (Fsp3) is 0.706. The molecule has 0 aromatic rings. The van der Waals surface area contributed by atoms with Crippen LogP contribution in [0.25, 0.3) is 0 Å². The number of esters is 3. The molecule has 3 fully saturated rings. The van der Waals surface area contributed by atoms with Gasteiger partial charge in [-0.15, -0.1) is 0 Å². The third-order valence-corrected chi connectivity index (χ3v) is 9.27. The lowest BCUT2D eigenvalue weighted by molar-refractivity contribution is -0.159. The number of hydrogen-bond acceptors (Lipinski definition) is 12. The molecule has 1 heterocycles. The van der Waals surface area contributed by atoms with Gasteiger partial charge in [-0.05, 0) is 29.0 Å². The summed E-state index contributed by atoms with van der Waals surface area (Å²) in [5.41, 5.74) is 0. The largest absolute Gasteiger partial charge is 0.462 e. The number of carbonyl (C=O) groups is 3. The molecule has 6 unspecified atom stereocenters. The van der Waals surface area contributed by atoms with Gasteiger partial charge in [-0.2, -0.15) is 17.2 Å². The van der Waals surface area contributed by atoms with Gasteiger partial charge in [-0.1, -0.05) is 10.7 Å². The minimum atomic E-state index is -5.79. The molecule has 1 N–H and O–H groups in total. The number of nitrogens with one attached hydrogen (secondary N) is 1. The average Bonchev–Trinajstić information content (AvgIpc) is 3.33. The van der Waals surface area contributed by atoms with Crippen LogP contribution in [0.5, 0.6) is 0 Å². The Balaban J connectivity index is 1.70. The SMILES string of the molecule is C=C(I)C(=O)OCCOC(=O)C1C2CC3C(OC(=O)C31)C2OS(=O)(=O)NS(=O)(=O)C(F)(F)COC. The monoisotopic (exact) mass is 659 g/mol. The number of halogens is 3. The zero-order valence-electron chi connectivity index (χ0n) is 17.8. The molecule has 0 aromatic heterocycles. The van der Waals surface area contributed by atoms with Crippen LogP contribution in [0.4, 0.5) is 8.78 Å². The number of hydrogen-bond donors (Lipinski definition) is 1. The molecule has 0 amide bonds.